The van der Waals surface area contributed by atoms with Crippen LogP contribution >= 0.6 is 0 Å². The maximum atomic E-state index is 8.15. The molecule has 0 saturated carbocycles. The van der Waals surface area contributed by atoms with Gasteiger partial charge in [0.15, 0.2) is 5.76 Å². The molecule has 0 aliphatic carbocycles. The molecule has 0 rings (SSSR count). The average molecular weight is 146 g/mol. The molecule has 0 aromatic carbocycles. The fraction of sp³-hybridized carbons (Fsp3) is 0.667. The van der Waals surface area contributed by atoms with E-state index in [1.807, 2.05) is 0 Å². The number of unbranched alkanes of at least 4 members (excludes halogenated alkanes) is 1. The molecule has 0 unspecified atom stereocenters. The summed E-state index contributed by atoms with van der Waals surface area (Å²) < 4.78 is 0. The summed E-state index contributed by atoms with van der Waals surface area (Å²) in [5.74, 6) is 0.397. The highest BCUT2D eigenvalue weighted by atomic mass is 17.1. The molecule has 4 heteroatoms. The molecule has 0 radical (unpaired) electrons. The van der Waals surface area contributed by atoms with Crippen molar-refractivity contribution in [2.75, 3.05) is 6.54 Å². The normalized spacial score (nSPS) is 11.6. The predicted octanol–water partition coefficient (Wildman–Crippen LogP) is 0.405. The van der Waals surface area contributed by atoms with Crippen LogP contribution in [0.2, 0.25) is 0 Å². The molecule has 5 N–H and O–H groups in total. The second-order valence-corrected chi connectivity index (χ2v) is 1.97. The fourth-order valence-corrected chi connectivity index (χ4v) is 0.603. The highest BCUT2D eigenvalue weighted by Crippen LogP contribution is 2.04. The molecule has 0 saturated heterocycles. The van der Waals surface area contributed by atoms with Crippen molar-refractivity contribution in [2.45, 2.75) is 19.3 Å². The Morgan fingerprint density at radius 1 is 1.50 bits per heavy atom. The monoisotopic (exact) mass is 146 g/mol. The van der Waals surface area contributed by atoms with Gasteiger partial charge in [0.25, 0.3) is 0 Å². The van der Waals surface area contributed by atoms with Crippen LogP contribution < -0.4 is 11.5 Å². The lowest BCUT2D eigenvalue weighted by atomic mass is 10.2. The molecule has 4 nitrogen and oxygen atoms in total. The fourth-order valence-electron chi connectivity index (χ4n) is 0.603. The van der Waals surface area contributed by atoms with Crippen LogP contribution in [-0.2, 0) is 4.89 Å². The first-order chi connectivity index (χ1) is 4.85. The van der Waals surface area contributed by atoms with Crippen molar-refractivity contribution < 1.29 is 10.1 Å². The van der Waals surface area contributed by atoms with Crippen LogP contribution in [0.25, 0.3) is 0 Å². The molecule has 0 heterocycles. The molecule has 0 atom stereocenters. The van der Waals surface area contributed by atoms with Crippen LogP contribution in [0.5, 0.6) is 0 Å². The van der Waals surface area contributed by atoms with Gasteiger partial charge in [0, 0.05) is 12.6 Å². The van der Waals surface area contributed by atoms with E-state index in [0.29, 0.717) is 18.7 Å². The molecule has 0 aromatic heterocycles. The van der Waals surface area contributed by atoms with Crippen molar-refractivity contribution in [3.63, 3.8) is 0 Å². The van der Waals surface area contributed by atoms with E-state index in [1.165, 1.54) is 6.20 Å². The molecule has 0 aliphatic heterocycles. The Labute approximate surface area is 60.4 Å². The zero-order chi connectivity index (χ0) is 7.82. The van der Waals surface area contributed by atoms with Gasteiger partial charge in [0.2, 0.25) is 0 Å². The van der Waals surface area contributed by atoms with Crippen molar-refractivity contribution >= 4 is 0 Å². The summed E-state index contributed by atoms with van der Waals surface area (Å²) in [7, 11) is 0. The Balaban J connectivity index is 3.27. The van der Waals surface area contributed by atoms with E-state index >= 15 is 0 Å². The van der Waals surface area contributed by atoms with Crippen molar-refractivity contribution in [3.8, 4) is 0 Å². The van der Waals surface area contributed by atoms with Crippen LogP contribution in [0.3, 0.4) is 0 Å². The van der Waals surface area contributed by atoms with Gasteiger partial charge < -0.3 is 16.4 Å². The topological polar surface area (TPSA) is 81.5 Å². The molecule has 0 fully saturated rings. The summed E-state index contributed by atoms with van der Waals surface area (Å²) in [5, 5.41) is 8.15. The molecule has 60 valence electrons. The zero-order valence-electron chi connectivity index (χ0n) is 5.92. The molecule has 0 aliphatic rings. The Morgan fingerprint density at radius 3 is 2.60 bits per heavy atom. The van der Waals surface area contributed by atoms with Gasteiger partial charge in [-0.05, 0) is 19.4 Å². The van der Waals surface area contributed by atoms with E-state index in [-0.39, 0.29) is 0 Å². The lowest BCUT2D eigenvalue weighted by Gasteiger charge is -2.00. The summed E-state index contributed by atoms with van der Waals surface area (Å²) in [4.78, 5) is 3.94. The Bertz CT molecular complexity index is 104. The largest absolute Gasteiger partial charge is 0.402 e. The third kappa shape index (κ3) is 4.17. The molecular formula is C6H14N2O2. The van der Waals surface area contributed by atoms with E-state index in [1.54, 1.807) is 0 Å². The second-order valence-electron chi connectivity index (χ2n) is 1.97. The SMILES string of the molecule is NC=C(CCCCN)OO. The zero-order valence-corrected chi connectivity index (χ0v) is 5.92. The minimum absolute atomic E-state index is 0.397. The molecule has 0 spiro atoms. The van der Waals surface area contributed by atoms with Crippen molar-refractivity contribution in [3.05, 3.63) is 12.0 Å². The summed E-state index contributed by atoms with van der Waals surface area (Å²) in [6, 6.07) is 0. The standard InChI is InChI=1S/C6H14N2O2/c7-4-2-1-3-6(5-8)10-9/h5,9H,1-4,7-8H2. The average Bonchev–Trinajstić information content (AvgIpc) is 1.99. The number of hydrogen-bond donors (Lipinski definition) is 3. The van der Waals surface area contributed by atoms with Gasteiger partial charge in [0.05, 0.1) is 0 Å². The summed E-state index contributed by atoms with van der Waals surface area (Å²) >= 11 is 0. The molecule has 0 bridgehead atoms. The van der Waals surface area contributed by atoms with E-state index in [9.17, 15) is 0 Å². The van der Waals surface area contributed by atoms with Crippen molar-refractivity contribution in [1.29, 1.82) is 0 Å². The van der Waals surface area contributed by atoms with Gasteiger partial charge in [-0.2, -0.15) is 0 Å². The highest BCUT2D eigenvalue weighted by Gasteiger charge is 1.95. The Kier molecular flexibility index (Phi) is 5.91. The summed E-state index contributed by atoms with van der Waals surface area (Å²) in [6.45, 7) is 0.656. The number of hydrogen-bond acceptors (Lipinski definition) is 4. The van der Waals surface area contributed by atoms with Gasteiger partial charge in [-0.1, -0.05) is 0 Å². The maximum absolute atomic E-state index is 8.15. The Morgan fingerprint density at radius 2 is 2.20 bits per heavy atom. The van der Waals surface area contributed by atoms with Gasteiger partial charge >= 0.3 is 0 Å². The number of nitrogens with two attached hydrogens (primary N) is 2. The maximum Gasteiger partial charge on any atom is 0.157 e. The second kappa shape index (κ2) is 6.38. The minimum Gasteiger partial charge on any atom is -0.402 e. The summed E-state index contributed by atoms with van der Waals surface area (Å²) in [6.07, 6.45) is 3.70. The molecular weight excluding hydrogens is 132 g/mol. The van der Waals surface area contributed by atoms with E-state index in [2.05, 4.69) is 4.89 Å². The van der Waals surface area contributed by atoms with Gasteiger partial charge in [-0.15, -0.1) is 0 Å². The predicted molar refractivity (Wildman–Crippen MR) is 38.9 cm³/mol. The lowest BCUT2D eigenvalue weighted by molar-refractivity contribution is -0.206. The van der Waals surface area contributed by atoms with Gasteiger partial charge in [0.1, 0.15) is 0 Å². The first-order valence-electron chi connectivity index (χ1n) is 3.27. The highest BCUT2D eigenvalue weighted by molar-refractivity contribution is 4.87. The first-order valence-corrected chi connectivity index (χ1v) is 3.27. The van der Waals surface area contributed by atoms with Gasteiger partial charge in [-0.25, -0.2) is 5.26 Å². The molecule has 0 amide bonds. The van der Waals surface area contributed by atoms with Crippen LogP contribution in [0.4, 0.5) is 0 Å². The molecule has 10 heavy (non-hydrogen) atoms. The van der Waals surface area contributed by atoms with Gasteiger partial charge in [-0.3, -0.25) is 0 Å². The van der Waals surface area contributed by atoms with E-state index in [0.717, 1.165) is 12.8 Å². The quantitative estimate of drug-likeness (QED) is 0.227. The minimum atomic E-state index is 0.397. The van der Waals surface area contributed by atoms with Crippen LogP contribution in [0, 0.1) is 0 Å². The van der Waals surface area contributed by atoms with Crippen LogP contribution in [0.1, 0.15) is 19.3 Å². The molecule has 0 aromatic rings. The third-order valence-electron chi connectivity index (χ3n) is 1.18. The lowest BCUT2D eigenvalue weighted by Crippen LogP contribution is -1.99. The summed E-state index contributed by atoms with van der Waals surface area (Å²) in [5.41, 5.74) is 10.3. The van der Waals surface area contributed by atoms with Crippen LogP contribution in [-0.4, -0.2) is 11.8 Å². The van der Waals surface area contributed by atoms with E-state index < -0.39 is 0 Å². The third-order valence-corrected chi connectivity index (χ3v) is 1.18. The van der Waals surface area contributed by atoms with Crippen molar-refractivity contribution in [1.82, 2.24) is 0 Å². The number of allylic oxidation sites excluding steroid dienone is 1. The van der Waals surface area contributed by atoms with Crippen molar-refractivity contribution in [2.24, 2.45) is 11.5 Å². The number of rotatable bonds is 5. The smallest absolute Gasteiger partial charge is 0.157 e. The Hall–Kier alpha value is -0.740. The first kappa shape index (κ1) is 9.26. The van der Waals surface area contributed by atoms with E-state index in [4.69, 9.17) is 16.7 Å². The van der Waals surface area contributed by atoms with Crippen LogP contribution in [0.15, 0.2) is 12.0 Å².